The van der Waals surface area contributed by atoms with Crippen LogP contribution in [0, 0.1) is 12.8 Å². The number of amides is 1. The first-order valence-corrected chi connectivity index (χ1v) is 8.04. The number of aromatic nitrogens is 2. The number of nitrogens with zero attached hydrogens (tertiary/aromatic N) is 2. The highest BCUT2D eigenvalue weighted by atomic mass is 16.2. The average Bonchev–Trinajstić information content (AvgIpc) is 2.46. The van der Waals surface area contributed by atoms with E-state index in [4.69, 9.17) is 0 Å². The summed E-state index contributed by atoms with van der Waals surface area (Å²) in [6.45, 7) is 8.53. The quantitative estimate of drug-likeness (QED) is 0.846. The van der Waals surface area contributed by atoms with Crippen LogP contribution in [0.2, 0.25) is 0 Å². The Morgan fingerprint density at radius 2 is 2.32 bits per heavy atom. The van der Waals surface area contributed by atoms with E-state index in [1.54, 1.807) is 6.92 Å². The fourth-order valence-corrected chi connectivity index (χ4v) is 2.92. The van der Waals surface area contributed by atoms with Gasteiger partial charge in [0.2, 0.25) is 5.91 Å². The molecule has 0 spiro atoms. The molecule has 1 fully saturated rings. The van der Waals surface area contributed by atoms with Crippen molar-refractivity contribution in [3.63, 3.8) is 0 Å². The number of aryl methyl sites for hydroxylation is 1. The van der Waals surface area contributed by atoms with Crippen LogP contribution in [0.3, 0.4) is 0 Å². The maximum Gasteiger partial charge on any atom is 0.251 e. The van der Waals surface area contributed by atoms with E-state index in [2.05, 4.69) is 34.0 Å². The molecule has 22 heavy (non-hydrogen) atoms. The zero-order chi connectivity index (χ0) is 16.1. The summed E-state index contributed by atoms with van der Waals surface area (Å²) in [5.74, 6) is 0.797. The highest BCUT2D eigenvalue weighted by molar-refractivity contribution is 5.78. The highest BCUT2D eigenvalue weighted by Crippen LogP contribution is 2.18. The van der Waals surface area contributed by atoms with Gasteiger partial charge in [-0.3, -0.25) is 9.59 Å². The number of carbonyl (C=O) groups is 1. The van der Waals surface area contributed by atoms with Gasteiger partial charge in [-0.1, -0.05) is 0 Å². The van der Waals surface area contributed by atoms with Crippen molar-refractivity contribution in [3.05, 3.63) is 27.9 Å². The van der Waals surface area contributed by atoms with Crippen molar-refractivity contribution >= 4 is 5.91 Å². The third kappa shape index (κ3) is 4.66. The molecule has 1 aromatic heterocycles. The van der Waals surface area contributed by atoms with Crippen molar-refractivity contribution in [2.24, 2.45) is 5.92 Å². The minimum atomic E-state index is -0.145. The SMILES string of the molecule is Cc1nc(CCNC(=O)[C@H]2CCCN(C(C)C)C2)cc(=O)[nH]1. The maximum absolute atomic E-state index is 12.3. The van der Waals surface area contributed by atoms with E-state index in [0.717, 1.165) is 25.9 Å². The molecule has 0 saturated carbocycles. The van der Waals surface area contributed by atoms with Gasteiger partial charge in [0, 0.05) is 37.3 Å². The van der Waals surface area contributed by atoms with Crippen molar-refractivity contribution in [2.75, 3.05) is 19.6 Å². The maximum atomic E-state index is 12.3. The van der Waals surface area contributed by atoms with E-state index in [-0.39, 0.29) is 17.4 Å². The number of rotatable bonds is 5. The Morgan fingerprint density at radius 3 is 3.00 bits per heavy atom. The van der Waals surface area contributed by atoms with Gasteiger partial charge in [0.05, 0.1) is 5.92 Å². The number of carbonyl (C=O) groups excluding carboxylic acids is 1. The van der Waals surface area contributed by atoms with Crippen molar-refractivity contribution < 1.29 is 4.79 Å². The minimum absolute atomic E-state index is 0.0741. The van der Waals surface area contributed by atoms with Gasteiger partial charge in [0.1, 0.15) is 5.82 Å². The molecule has 122 valence electrons. The van der Waals surface area contributed by atoms with Gasteiger partial charge in [-0.25, -0.2) is 4.98 Å². The predicted molar refractivity (Wildman–Crippen MR) is 85.7 cm³/mol. The molecule has 0 aromatic carbocycles. The Labute approximate surface area is 131 Å². The average molecular weight is 306 g/mol. The summed E-state index contributed by atoms with van der Waals surface area (Å²) in [5.41, 5.74) is 0.572. The Balaban J connectivity index is 1.81. The fourth-order valence-electron chi connectivity index (χ4n) is 2.92. The summed E-state index contributed by atoms with van der Waals surface area (Å²) in [6, 6.07) is 1.97. The topological polar surface area (TPSA) is 78.1 Å². The second kappa shape index (κ2) is 7.54. The van der Waals surface area contributed by atoms with E-state index in [9.17, 15) is 9.59 Å². The Kier molecular flexibility index (Phi) is 5.71. The number of hydrogen-bond donors (Lipinski definition) is 2. The van der Waals surface area contributed by atoms with Gasteiger partial charge in [0.25, 0.3) is 5.56 Å². The molecule has 1 saturated heterocycles. The standard InChI is InChI=1S/C16H26N4O2/c1-11(2)20-8-4-5-13(10-20)16(22)17-7-6-14-9-15(21)19-12(3)18-14/h9,11,13H,4-8,10H2,1-3H3,(H,17,22)(H,18,19,21)/t13-/m0/s1. The molecule has 0 unspecified atom stereocenters. The smallest absolute Gasteiger partial charge is 0.251 e. The summed E-state index contributed by atoms with van der Waals surface area (Å²) in [7, 11) is 0. The highest BCUT2D eigenvalue weighted by Gasteiger charge is 2.26. The molecule has 1 aromatic rings. The molecule has 1 aliphatic heterocycles. The molecule has 0 radical (unpaired) electrons. The lowest BCUT2D eigenvalue weighted by molar-refractivity contribution is -0.126. The number of nitrogens with one attached hydrogen (secondary N) is 2. The van der Waals surface area contributed by atoms with Crippen molar-refractivity contribution in [1.82, 2.24) is 20.2 Å². The Hall–Kier alpha value is -1.69. The number of piperidine rings is 1. The van der Waals surface area contributed by atoms with Gasteiger partial charge in [-0.2, -0.15) is 0 Å². The predicted octanol–water partition coefficient (Wildman–Crippen LogP) is 0.857. The summed E-state index contributed by atoms with van der Waals surface area (Å²) in [4.78, 5) is 32.9. The van der Waals surface area contributed by atoms with Crippen molar-refractivity contribution in [3.8, 4) is 0 Å². The van der Waals surface area contributed by atoms with Crippen LogP contribution in [-0.4, -0.2) is 46.5 Å². The van der Waals surface area contributed by atoms with Crippen LogP contribution in [0.5, 0.6) is 0 Å². The molecule has 6 heteroatoms. The first kappa shape index (κ1) is 16.7. The third-order valence-electron chi connectivity index (χ3n) is 4.15. The number of aromatic amines is 1. The van der Waals surface area contributed by atoms with Gasteiger partial charge < -0.3 is 15.2 Å². The molecular formula is C16H26N4O2. The Bertz CT molecular complexity index is 568. The minimum Gasteiger partial charge on any atom is -0.355 e. The lowest BCUT2D eigenvalue weighted by atomic mass is 9.96. The van der Waals surface area contributed by atoms with Crippen LogP contribution in [-0.2, 0) is 11.2 Å². The van der Waals surface area contributed by atoms with E-state index in [0.29, 0.717) is 30.5 Å². The van der Waals surface area contributed by atoms with E-state index in [1.807, 2.05) is 0 Å². The second-order valence-electron chi connectivity index (χ2n) is 6.29. The molecule has 1 amide bonds. The number of hydrogen-bond acceptors (Lipinski definition) is 4. The number of H-pyrrole nitrogens is 1. The molecule has 1 aliphatic rings. The summed E-state index contributed by atoms with van der Waals surface area (Å²) >= 11 is 0. The van der Waals surface area contributed by atoms with Crippen molar-refractivity contribution in [1.29, 1.82) is 0 Å². The fraction of sp³-hybridized carbons (Fsp3) is 0.688. The largest absolute Gasteiger partial charge is 0.355 e. The molecule has 2 heterocycles. The van der Waals surface area contributed by atoms with Crippen LogP contribution in [0.1, 0.15) is 38.2 Å². The number of likely N-dealkylation sites (tertiary alicyclic amines) is 1. The van der Waals surface area contributed by atoms with Crippen LogP contribution in [0.4, 0.5) is 0 Å². The molecule has 2 rings (SSSR count). The monoisotopic (exact) mass is 306 g/mol. The molecular weight excluding hydrogens is 280 g/mol. The lowest BCUT2D eigenvalue weighted by Crippen LogP contribution is -2.45. The van der Waals surface area contributed by atoms with Gasteiger partial charge >= 0.3 is 0 Å². The van der Waals surface area contributed by atoms with Crippen LogP contribution in [0.15, 0.2) is 10.9 Å². The summed E-state index contributed by atoms with van der Waals surface area (Å²) < 4.78 is 0. The van der Waals surface area contributed by atoms with Crippen LogP contribution < -0.4 is 10.9 Å². The molecule has 0 bridgehead atoms. The van der Waals surface area contributed by atoms with Crippen molar-refractivity contribution in [2.45, 2.75) is 46.1 Å². The van der Waals surface area contributed by atoms with E-state index in [1.165, 1.54) is 6.07 Å². The lowest BCUT2D eigenvalue weighted by Gasteiger charge is -2.34. The molecule has 1 atom stereocenters. The van der Waals surface area contributed by atoms with E-state index < -0.39 is 0 Å². The molecule has 6 nitrogen and oxygen atoms in total. The zero-order valence-corrected chi connectivity index (χ0v) is 13.7. The second-order valence-corrected chi connectivity index (χ2v) is 6.29. The third-order valence-corrected chi connectivity index (χ3v) is 4.15. The molecule has 2 N–H and O–H groups in total. The first-order valence-electron chi connectivity index (χ1n) is 8.04. The summed E-state index contributed by atoms with van der Waals surface area (Å²) in [6.07, 6.45) is 2.61. The first-order chi connectivity index (χ1) is 10.5. The zero-order valence-electron chi connectivity index (χ0n) is 13.7. The van der Waals surface area contributed by atoms with Gasteiger partial charge in [0.15, 0.2) is 0 Å². The normalized spacial score (nSPS) is 19.4. The Morgan fingerprint density at radius 1 is 1.55 bits per heavy atom. The van der Waals surface area contributed by atoms with Crippen LogP contribution >= 0.6 is 0 Å². The van der Waals surface area contributed by atoms with Gasteiger partial charge in [-0.05, 0) is 40.2 Å². The van der Waals surface area contributed by atoms with Gasteiger partial charge in [-0.15, -0.1) is 0 Å². The van der Waals surface area contributed by atoms with E-state index >= 15 is 0 Å². The molecule has 0 aliphatic carbocycles. The summed E-state index contributed by atoms with van der Waals surface area (Å²) in [5, 5.41) is 2.98. The van der Waals surface area contributed by atoms with Crippen LogP contribution in [0.25, 0.3) is 0 Å².